The van der Waals surface area contributed by atoms with Gasteiger partial charge < -0.3 is 9.32 Å². The highest BCUT2D eigenvalue weighted by molar-refractivity contribution is 6.25. The van der Waals surface area contributed by atoms with Crippen LogP contribution in [0.1, 0.15) is 0 Å². The lowest BCUT2D eigenvalue weighted by atomic mass is 9.94. The number of nitrogens with zero attached hydrogens (tertiary/aromatic N) is 2. The molecule has 0 atom stereocenters. The van der Waals surface area contributed by atoms with Crippen molar-refractivity contribution in [1.82, 2.24) is 4.98 Å². The zero-order valence-electron chi connectivity index (χ0n) is 29.4. The topological polar surface area (TPSA) is 29.3 Å². The van der Waals surface area contributed by atoms with E-state index in [1.165, 1.54) is 33.0 Å². The fraction of sp³-hybridized carbons (Fsp3) is 0. The Bertz CT molecular complexity index is 2800. The first-order valence-corrected chi connectivity index (χ1v) is 18.3. The van der Waals surface area contributed by atoms with Crippen molar-refractivity contribution in [3.63, 3.8) is 0 Å². The Kier molecular flexibility index (Phi) is 7.81. The van der Waals surface area contributed by atoms with E-state index in [0.717, 1.165) is 61.4 Å². The Balaban J connectivity index is 1.10. The molecule has 3 heteroatoms. The highest BCUT2D eigenvalue weighted by atomic mass is 16.3. The predicted molar refractivity (Wildman–Crippen MR) is 225 cm³/mol. The molecule has 10 rings (SSSR count). The van der Waals surface area contributed by atoms with E-state index in [4.69, 9.17) is 9.40 Å². The van der Waals surface area contributed by atoms with Gasteiger partial charge in [0.15, 0.2) is 0 Å². The number of anilines is 3. The smallest absolute Gasteiger partial charge is 0.143 e. The van der Waals surface area contributed by atoms with E-state index in [-0.39, 0.29) is 0 Å². The predicted octanol–water partition coefficient (Wildman–Crippen LogP) is 14.3. The molecule has 2 heterocycles. The number of hydrogen-bond acceptors (Lipinski definition) is 3. The highest BCUT2D eigenvalue weighted by Gasteiger charge is 2.20. The molecule has 2 aromatic heterocycles. The van der Waals surface area contributed by atoms with Crippen LogP contribution in [-0.4, -0.2) is 4.98 Å². The molecule has 0 aliphatic rings. The molecule has 0 aliphatic carbocycles. The van der Waals surface area contributed by atoms with Gasteiger partial charge in [-0.3, -0.25) is 4.98 Å². The molecule has 0 amide bonds. The fourth-order valence-corrected chi connectivity index (χ4v) is 7.72. The largest absolute Gasteiger partial charge is 0.455 e. The van der Waals surface area contributed by atoms with E-state index >= 15 is 0 Å². The SMILES string of the molecule is c1ccc(-c2ccc(N(c3ccc(-c4ccccc4)cc3)c3ccc(-c4cc5ccccc5c5c4oc4cccc(-c6ccccn6)c45)cc3)cc2)cc1. The van der Waals surface area contributed by atoms with Crippen LogP contribution in [0.5, 0.6) is 0 Å². The van der Waals surface area contributed by atoms with Crippen molar-refractivity contribution >= 4 is 49.8 Å². The van der Waals surface area contributed by atoms with Gasteiger partial charge >= 0.3 is 0 Å². The third-order valence-electron chi connectivity index (χ3n) is 10.3. The maximum absolute atomic E-state index is 6.78. The zero-order valence-corrected chi connectivity index (χ0v) is 29.4. The third kappa shape index (κ3) is 5.60. The Hall–Kier alpha value is -7.23. The van der Waals surface area contributed by atoms with Crippen LogP contribution in [0.3, 0.4) is 0 Å². The van der Waals surface area contributed by atoms with Gasteiger partial charge in [0.1, 0.15) is 11.2 Å². The first kappa shape index (κ1) is 31.5. The van der Waals surface area contributed by atoms with E-state index in [1.54, 1.807) is 0 Å². The minimum Gasteiger partial charge on any atom is -0.455 e. The normalized spacial score (nSPS) is 11.3. The summed E-state index contributed by atoms with van der Waals surface area (Å²) in [5.74, 6) is 0. The molecule has 0 unspecified atom stereocenters. The molecule has 8 aromatic carbocycles. The first-order valence-electron chi connectivity index (χ1n) is 18.3. The summed E-state index contributed by atoms with van der Waals surface area (Å²) in [6, 6.07) is 70.7. The van der Waals surface area contributed by atoms with Gasteiger partial charge in [0.25, 0.3) is 0 Å². The summed E-state index contributed by atoms with van der Waals surface area (Å²) in [6.45, 7) is 0. The van der Waals surface area contributed by atoms with Crippen molar-refractivity contribution in [1.29, 1.82) is 0 Å². The average molecular weight is 691 g/mol. The van der Waals surface area contributed by atoms with Gasteiger partial charge in [-0.25, -0.2) is 0 Å². The lowest BCUT2D eigenvalue weighted by Gasteiger charge is -2.26. The molecule has 3 nitrogen and oxygen atoms in total. The van der Waals surface area contributed by atoms with E-state index in [0.29, 0.717) is 0 Å². The van der Waals surface area contributed by atoms with Crippen LogP contribution >= 0.6 is 0 Å². The monoisotopic (exact) mass is 690 g/mol. The van der Waals surface area contributed by atoms with Gasteiger partial charge in [-0.15, -0.1) is 0 Å². The van der Waals surface area contributed by atoms with Gasteiger partial charge in [0.2, 0.25) is 0 Å². The van der Waals surface area contributed by atoms with Gasteiger partial charge in [-0.05, 0) is 99.3 Å². The molecule has 0 aliphatic heterocycles. The number of furan rings is 1. The number of rotatable bonds is 7. The van der Waals surface area contributed by atoms with Crippen LogP contribution in [0.25, 0.3) is 77.3 Å². The molecule has 0 saturated heterocycles. The molecule has 54 heavy (non-hydrogen) atoms. The van der Waals surface area contributed by atoms with E-state index in [1.807, 2.05) is 18.3 Å². The Labute approximate surface area is 314 Å². The zero-order chi connectivity index (χ0) is 35.8. The summed E-state index contributed by atoms with van der Waals surface area (Å²) in [6.07, 6.45) is 1.85. The summed E-state index contributed by atoms with van der Waals surface area (Å²) < 4.78 is 6.78. The lowest BCUT2D eigenvalue weighted by Crippen LogP contribution is -2.09. The van der Waals surface area contributed by atoms with E-state index in [2.05, 4.69) is 193 Å². The maximum Gasteiger partial charge on any atom is 0.143 e. The lowest BCUT2D eigenvalue weighted by molar-refractivity contribution is 0.670. The van der Waals surface area contributed by atoms with Crippen LogP contribution in [0.15, 0.2) is 211 Å². The molecule has 0 bridgehead atoms. The van der Waals surface area contributed by atoms with Crippen molar-refractivity contribution in [2.45, 2.75) is 0 Å². The highest BCUT2D eigenvalue weighted by Crippen LogP contribution is 2.45. The maximum atomic E-state index is 6.78. The minimum absolute atomic E-state index is 0.853. The Morgan fingerprint density at radius 3 is 1.52 bits per heavy atom. The second kappa shape index (κ2) is 13.4. The quantitative estimate of drug-likeness (QED) is 0.167. The van der Waals surface area contributed by atoms with Crippen molar-refractivity contribution in [3.8, 4) is 44.6 Å². The van der Waals surface area contributed by atoms with Gasteiger partial charge in [-0.1, -0.05) is 140 Å². The molecular formula is C51H34N2O. The van der Waals surface area contributed by atoms with Crippen molar-refractivity contribution in [3.05, 3.63) is 206 Å². The summed E-state index contributed by atoms with van der Waals surface area (Å²) >= 11 is 0. The van der Waals surface area contributed by atoms with Gasteiger partial charge in [-0.2, -0.15) is 0 Å². The molecule has 0 radical (unpaired) electrons. The molecular weight excluding hydrogens is 657 g/mol. The van der Waals surface area contributed by atoms with Crippen LogP contribution in [0.2, 0.25) is 0 Å². The van der Waals surface area contributed by atoms with Crippen molar-refractivity contribution < 1.29 is 4.42 Å². The number of pyridine rings is 1. The molecule has 10 aromatic rings. The number of aromatic nitrogens is 1. The fourth-order valence-electron chi connectivity index (χ4n) is 7.72. The second-order valence-electron chi connectivity index (χ2n) is 13.6. The average Bonchev–Trinajstić information content (AvgIpc) is 3.66. The van der Waals surface area contributed by atoms with E-state index in [9.17, 15) is 0 Å². The van der Waals surface area contributed by atoms with E-state index < -0.39 is 0 Å². The molecule has 0 spiro atoms. The standard InChI is InChI=1S/C51H34N2O/c1-3-12-35(13-4-1)37-21-27-41(28-22-37)53(42-29-23-38(24-30-42)36-14-5-2-6-15-36)43-31-25-39(26-32-43)46-34-40-16-7-8-17-44(40)50-49-45(47-19-9-10-33-52-47)18-11-20-48(49)54-51(46)50/h1-34H. The second-order valence-corrected chi connectivity index (χ2v) is 13.6. The van der Waals surface area contributed by atoms with Gasteiger partial charge in [0.05, 0.1) is 5.69 Å². The third-order valence-corrected chi connectivity index (χ3v) is 10.3. The number of benzene rings is 8. The summed E-state index contributed by atoms with van der Waals surface area (Å²) in [5.41, 5.74) is 13.9. The summed E-state index contributed by atoms with van der Waals surface area (Å²) in [7, 11) is 0. The minimum atomic E-state index is 0.853. The van der Waals surface area contributed by atoms with Crippen LogP contribution in [-0.2, 0) is 0 Å². The van der Waals surface area contributed by atoms with Crippen LogP contribution < -0.4 is 4.90 Å². The molecule has 0 N–H and O–H groups in total. The Morgan fingerprint density at radius 1 is 0.389 bits per heavy atom. The molecule has 254 valence electrons. The van der Waals surface area contributed by atoms with Crippen molar-refractivity contribution in [2.24, 2.45) is 0 Å². The first-order chi connectivity index (χ1) is 26.8. The molecule has 0 fully saturated rings. The van der Waals surface area contributed by atoms with Crippen molar-refractivity contribution in [2.75, 3.05) is 4.90 Å². The Morgan fingerprint density at radius 2 is 0.926 bits per heavy atom. The number of hydrogen-bond donors (Lipinski definition) is 0. The van der Waals surface area contributed by atoms with Crippen LogP contribution in [0, 0.1) is 0 Å². The molecule has 0 saturated carbocycles. The van der Waals surface area contributed by atoms with Gasteiger partial charge in [0, 0.05) is 45.2 Å². The summed E-state index contributed by atoms with van der Waals surface area (Å²) in [5, 5.41) is 4.53. The van der Waals surface area contributed by atoms with Crippen LogP contribution in [0.4, 0.5) is 17.1 Å². The summed E-state index contributed by atoms with van der Waals surface area (Å²) in [4.78, 5) is 7.04. The number of fused-ring (bicyclic) bond motifs is 5.